The molecule has 0 aromatic rings. The molecule has 0 aliphatic carbocycles. The van der Waals surface area contributed by atoms with Crippen LogP contribution in [0.3, 0.4) is 0 Å². The van der Waals surface area contributed by atoms with Gasteiger partial charge in [-0.3, -0.25) is 4.79 Å². The van der Waals surface area contributed by atoms with E-state index in [2.05, 4.69) is 6.58 Å². The molecule has 2 N–H and O–H groups in total. The molecule has 4 nitrogen and oxygen atoms in total. The van der Waals surface area contributed by atoms with Crippen molar-refractivity contribution >= 4 is 11.9 Å². The first-order valence-electron chi connectivity index (χ1n) is 3.87. The van der Waals surface area contributed by atoms with E-state index in [4.69, 9.17) is 5.11 Å². The van der Waals surface area contributed by atoms with Crippen LogP contribution >= 0.6 is 0 Å². The Labute approximate surface area is 83.8 Å². The Balaban J connectivity index is 4.78. The van der Waals surface area contributed by atoms with E-state index in [1.54, 1.807) is 0 Å². The van der Waals surface area contributed by atoms with Gasteiger partial charge >= 0.3 is 18.1 Å². The van der Waals surface area contributed by atoms with E-state index in [0.29, 0.717) is 0 Å². The fourth-order valence-electron chi connectivity index (χ4n) is 0.802. The van der Waals surface area contributed by atoms with Crippen LogP contribution in [0, 0.1) is 0 Å². The molecule has 15 heavy (non-hydrogen) atoms. The fourth-order valence-corrected chi connectivity index (χ4v) is 0.802. The van der Waals surface area contributed by atoms with Crippen LogP contribution in [-0.4, -0.2) is 28.7 Å². The highest BCUT2D eigenvalue weighted by Crippen LogP contribution is 2.18. The van der Waals surface area contributed by atoms with Crippen molar-refractivity contribution in [3.8, 4) is 0 Å². The van der Waals surface area contributed by atoms with Crippen LogP contribution < -0.4 is 5.32 Å². The Morgan fingerprint density at radius 3 is 2.20 bits per heavy atom. The molecule has 0 fully saturated rings. The van der Waals surface area contributed by atoms with Gasteiger partial charge in [-0.05, 0) is 13.3 Å². The number of hydrogen-bond donors (Lipinski definition) is 2. The highest BCUT2D eigenvalue weighted by atomic mass is 19.4. The number of carbonyl (C=O) groups excluding carboxylic acids is 1. The summed E-state index contributed by atoms with van der Waals surface area (Å²) in [6.45, 7) is 4.17. The number of carboxylic acids is 1. The van der Waals surface area contributed by atoms with Crippen molar-refractivity contribution in [3.05, 3.63) is 12.7 Å². The number of carbonyl (C=O) groups is 2. The number of rotatable bonds is 4. The number of amides is 1. The highest BCUT2D eigenvalue weighted by molar-refractivity contribution is 5.89. The van der Waals surface area contributed by atoms with Gasteiger partial charge in [0, 0.05) is 0 Å². The summed E-state index contributed by atoms with van der Waals surface area (Å²) < 4.78 is 35.6. The molecule has 0 radical (unpaired) electrons. The standard InChI is InChI=1S/C8H10F3NO3/c1-3-4-7(2,6(14)15)12-5(13)8(9,10)11/h3H,1,4H2,2H3,(H,12,13)(H,14,15)/t7-/m1/s1. The molecule has 0 spiro atoms. The predicted octanol–water partition coefficient (Wildman–Crippen LogP) is 1.08. The molecule has 0 aliphatic heterocycles. The molecule has 0 aromatic carbocycles. The summed E-state index contributed by atoms with van der Waals surface area (Å²) in [5, 5.41) is 10.0. The summed E-state index contributed by atoms with van der Waals surface area (Å²) in [5.74, 6) is -3.84. The van der Waals surface area contributed by atoms with E-state index in [0.717, 1.165) is 13.0 Å². The van der Waals surface area contributed by atoms with Crippen LogP contribution in [0.15, 0.2) is 12.7 Å². The third kappa shape index (κ3) is 3.61. The van der Waals surface area contributed by atoms with E-state index >= 15 is 0 Å². The maximum atomic E-state index is 11.9. The second-order valence-corrected chi connectivity index (χ2v) is 3.08. The number of aliphatic carboxylic acids is 1. The third-order valence-corrected chi connectivity index (χ3v) is 1.67. The zero-order chi connectivity index (χ0) is 12.3. The van der Waals surface area contributed by atoms with Crippen molar-refractivity contribution in [2.24, 2.45) is 0 Å². The van der Waals surface area contributed by atoms with Gasteiger partial charge in [0.05, 0.1) is 0 Å². The Hall–Kier alpha value is -1.53. The number of halogens is 3. The number of hydrogen-bond acceptors (Lipinski definition) is 2. The minimum Gasteiger partial charge on any atom is -0.480 e. The highest BCUT2D eigenvalue weighted by Gasteiger charge is 2.44. The van der Waals surface area contributed by atoms with Gasteiger partial charge in [0.2, 0.25) is 0 Å². The van der Waals surface area contributed by atoms with Crippen LogP contribution in [0.1, 0.15) is 13.3 Å². The normalized spacial score (nSPS) is 15.2. The zero-order valence-electron chi connectivity index (χ0n) is 7.89. The van der Waals surface area contributed by atoms with Gasteiger partial charge in [-0.15, -0.1) is 6.58 Å². The predicted molar refractivity (Wildman–Crippen MR) is 45.1 cm³/mol. The maximum Gasteiger partial charge on any atom is 0.471 e. The van der Waals surface area contributed by atoms with Gasteiger partial charge < -0.3 is 10.4 Å². The molecule has 0 unspecified atom stereocenters. The Bertz CT molecular complexity index is 287. The summed E-state index contributed by atoms with van der Waals surface area (Å²) in [6.07, 6.45) is -4.28. The second kappa shape index (κ2) is 4.33. The van der Waals surface area contributed by atoms with Crippen molar-refractivity contribution < 1.29 is 27.9 Å². The van der Waals surface area contributed by atoms with Crippen molar-refractivity contribution in [1.82, 2.24) is 5.32 Å². The molecule has 0 aromatic heterocycles. The molecule has 0 saturated heterocycles. The van der Waals surface area contributed by atoms with E-state index in [1.807, 2.05) is 0 Å². The first kappa shape index (κ1) is 13.5. The average Bonchev–Trinajstić information content (AvgIpc) is 2.02. The quantitative estimate of drug-likeness (QED) is 0.703. The molecule has 0 aliphatic rings. The lowest BCUT2D eigenvalue weighted by Gasteiger charge is -2.25. The van der Waals surface area contributed by atoms with Crippen LogP contribution in [-0.2, 0) is 9.59 Å². The molecule has 0 saturated carbocycles. The maximum absolute atomic E-state index is 11.9. The SMILES string of the molecule is C=CC[C@@](C)(NC(=O)C(F)(F)F)C(=O)O. The van der Waals surface area contributed by atoms with Gasteiger partial charge in [0.1, 0.15) is 5.54 Å². The largest absolute Gasteiger partial charge is 0.480 e. The molecule has 1 atom stereocenters. The molecular weight excluding hydrogens is 215 g/mol. The molecule has 1 amide bonds. The number of carboxylic acid groups (broad SMARTS) is 1. The Kier molecular flexibility index (Phi) is 3.89. The molecular formula is C8H10F3NO3. The summed E-state index contributed by atoms with van der Waals surface area (Å²) >= 11 is 0. The van der Waals surface area contributed by atoms with Gasteiger partial charge in [-0.2, -0.15) is 13.2 Å². The molecule has 7 heteroatoms. The van der Waals surface area contributed by atoms with E-state index in [9.17, 15) is 22.8 Å². The first-order chi connectivity index (χ1) is 6.63. The van der Waals surface area contributed by atoms with Gasteiger partial charge in [-0.1, -0.05) is 6.08 Å². The Morgan fingerprint density at radius 2 is 1.93 bits per heavy atom. The fraction of sp³-hybridized carbons (Fsp3) is 0.500. The van der Waals surface area contributed by atoms with Crippen molar-refractivity contribution in [2.75, 3.05) is 0 Å². The minimum atomic E-state index is -5.10. The van der Waals surface area contributed by atoms with E-state index < -0.39 is 23.6 Å². The molecule has 0 rings (SSSR count). The molecule has 0 bridgehead atoms. The van der Waals surface area contributed by atoms with Gasteiger partial charge in [0.15, 0.2) is 0 Å². The van der Waals surface area contributed by atoms with Crippen molar-refractivity contribution in [3.63, 3.8) is 0 Å². The number of nitrogens with one attached hydrogen (secondary N) is 1. The van der Waals surface area contributed by atoms with Gasteiger partial charge in [-0.25, -0.2) is 4.79 Å². The average molecular weight is 225 g/mol. The summed E-state index contributed by atoms with van der Waals surface area (Å²) in [5.41, 5.74) is -1.99. The minimum absolute atomic E-state index is 0.301. The van der Waals surface area contributed by atoms with Crippen LogP contribution in [0.5, 0.6) is 0 Å². The van der Waals surface area contributed by atoms with Crippen LogP contribution in [0.2, 0.25) is 0 Å². The third-order valence-electron chi connectivity index (χ3n) is 1.67. The Morgan fingerprint density at radius 1 is 1.47 bits per heavy atom. The lowest BCUT2D eigenvalue weighted by atomic mass is 9.98. The van der Waals surface area contributed by atoms with Crippen LogP contribution in [0.25, 0.3) is 0 Å². The number of alkyl halides is 3. The monoisotopic (exact) mass is 225 g/mol. The lowest BCUT2D eigenvalue weighted by molar-refractivity contribution is -0.177. The topological polar surface area (TPSA) is 66.4 Å². The van der Waals surface area contributed by atoms with E-state index in [1.165, 1.54) is 5.32 Å². The lowest BCUT2D eigenvalue weighted by Crippen LogP contribution is -2.55. The van der Waals surface area contributed by atoms with Gasteiger partial charge in [0.25, 0.3) is 0 Å². The smallest absolute Gasteiger partial charge is 0.471 e. The van der Waals surface area contributed by atoms with Crippen molar-refractivity contribution in [2.45, 2.75) is 25.1 Å². The first-order valence-corrected chi connectivity index (χ1v) is 3.87. The molecule has 0 heterocycles. The zero-order valence-corrected chi connectivity index (χ0v) is 7.89. The molecule has 86 valence electrons. The summed E-state index contributed by atoms with van der Waals surface area (Å²) in [7, 11) is 0. The van der Waals surface area contributed by atoms with Crippen molar-refractivity contribution in [1.29, 1.82) is 0 Å². The second-order valence-electron chi connectivity index (χ2n) is 3.08. The van der Waals surface area contributed by atoms with Crippen LogP contribution in [0.4, 0.5) is 13.2 Å². The summed E-state index contributed by atoms with van der Waals surface area (Å²) in [6, 6.07) is 0. The summed E-state index contributed by atoms with van der Waals surface area (Å²) in [4.78, 5) is 21.2. The van der Waals surface area contributed by atoms with E-state index in [-0.39, 0.29) is 6.42 Å².